The fraction of sp³-hybridized carbons (Fsp3) is 0.438. The maximum absolute atomic E-state index is 12.2. The van der Waals surface area contributed by atoms with Gasteiger partial charge in [0.15, 0.2) is 5.58 Å². The third-order valence-electron chi connectivity index (χ3n) is 4.29. The highest BCUT2D eigenvalue weighted by atomic mass is 16.4. The van der Waals surface area contributed by atoms with E-state index in [4.69, 9.17) is 10.2 Å². The van der Waals surface area contributed by atoms with E-state index in [0.717, 1.165) is 5.52 Å². The van der Waals surface area contributed by atoms with E-state index in [-0.39, 0.29) is 17.7 Å². The first-order chi connectivity index (χ1) is 11.1. The Morgan fingerprint density at radius 2 is 2.09 bits per heavy atom. The second kappa shape index (κ2) is 6.28. The molecule has 0 radical (unpaired) electrons. The van der Waals surface area contributed by atoms with E-state index in [2.05, 4.69) is 0 Å². The van der Waals surface area contributed by atoms with Gasteiger partial charge in [0.1, 0.15) is 0 Å². The summed E-state index contributed by atoms with van der Waals surface area (Å²) in [6.45, 7) is 1.40. The molecule has 0 saturated carbocycles. The first-order valence-corrected chi connectivity index (χ1v) is 7.71. The van der Waals surface area contributed by atoms with Crippen molar-refractivity contribution in [2.45, 2.75) is 25.8 Å². The molecule has 122 valence electrons. The number of aromatic nitrogens is 1. The number of nitrogens with zero attached hydrogens (tertiary/aromatic N) is 2. The van der Waals surface area contributed by atoms with E-state index in [1.165, 1.54) is 0 Å². The van der Waals surface area contributed by atoms with Gasteiger partial charge < -0.3 is 15.1 Å². The lowest BCUT2D eigenvalue weighted by molar-refractivity contribution is -0.130. The van der Waals surface area contributed by atoms with Gasteiger partial charge in [-0.1, -0.05) is 12.1 Å². The summed E-state index contributed by atoms with van der Waals surface area (Å²) in [7, 11) is 0. The van der Waals surface area contributed by atoms with Gasteiger partial charge in [0, 0.05) is 26.1 Å². The van der Waals surface area contributed by atoms with Crippen molar-refractivity contribution in [3.05, 3.63) is 34.8 Å². The van der Waals surface area contributed by atoms with Crippen LogP contribution in [0.3, 0.4) is 0 Å². The highest BCUT2D eigenvalue weighted by Crippen LogP contribution is 2.17. The van der Waals surface area contributed by atoms with Gasteiger partial charge in [-0.3, -0.25) is 14.2 Å². The van der Waals surface area contributed by atoms with Crippen LogP contribution >= 0.6 is 0 Å². The van der Waals surface area contributed by atoms with Crippen molar-refractivity contribution in [2.24, 2.45) is 11.7 Å². The molecule has 2 heterocycles. The third-order valence-corrected chi connectivity index (χ3v) is 4.29. The minimum atomic E-state index is -0.409. The number of likely N-dealkylation sites (tertiary alicyclic amines) is 1. The minimum absolute atomic E-state index is 0.00500. The number of oxazole rings is 1. The standard InChI is InChI=1S/C16H19N3O4/c17-15(21)11-7-9-18(10-11)14(20)6-3-8-19-12-4-1-2-5-13(12)23-16(19)22/h1-2,4-5,11H,3,6-10H2,(H2,17,21). The van der Waals surface area contributed by atoms with E-state index in [9.17, 15) is 14.4 Å². The molecule has 3 rings (SSSR count). The van der Waals surface area contributed by atoms with E-state index in [1.54, 1.807) is 15.5 Å². The Kier molecular flexibility index (Phi) is 4.18. The van der Waals surface area contributed by atoms with Crippen LogP contribution in [0, 0.1) is 5.92 Å². The molecule has 1 unspecified atom stereocenters. The van der Waals surface area contributed by atoms with Gasteiger partial charge in [-0.2, -0.15) is 0 Å². The zero-order chi connectivity index (χ0) is 16.4. The first-order valence-electron chi connectivity index (χ1n) is 7.71. The topological polar surface area (TPSA) is 98.5 Å². The van der Waals surface area contributed by atoms with Gasteiger partial charge in [-0.15, -0.1) is 0 Å². The lowest BCUT2D eigenvalue weighted by atomic mass is 10.1. The molecule has 0 spiro atoms. The lowest BCUT2D eigenvalue weighted by Crippen LogP contribution is -2.31. The van der Waals surface area contributed by atoms with Gasteiger partial charge >= 0.3 is 5.76 Å². The quantitative estimate of drug-likeness (QED) is 0.878. The molecular formula is C16H19N3O4. The smallest absolute Gasteiger partial charge is 0.408 e. The summed E-state index contributed by atoms with van der Waals surface area (Å²) in [4.78, 5) is 36.8. The Bertz CT molecular complexity index is 792. The van der Waals surface area contributed by atoms with E-state index in [0.29, 0.717) is 44.5 Å². The van der Waals surface area contributed by atoms with Crippen molar-refractivity contribution in [1.82, 2.24) is 9.47 Å². The van der Waals surface area contributed by atoms with Crippen LogP contribution in [0.15, 0.2) is 33.5 Å². The molecule has 1 saturated heterocycles. The predicted molar refractivity (Wildman–Crippen MR) is 83.6 cm³/mol. The Balaban J connectivity index is 1.57. The minimum Gasteiger partial charge on any atom is -0.408 e. The molecule has 1 aliphatic heterocycles. The highest BCUT2D eigenvalue weighted by molar-refractivity contribution is 5.81. The highest BCUT2D eigenvalue weighted by Gasteiger charge is 2.29. The largest absolute Gasteiger partial charge is 0.419 e. The molecule has 0 bridgehead atoms. The predicted octanol–water partition coefficient (Wildman–Crippen LogP) is 0.708. The zero-order valence-corrected chi connectivity index (χ0v) is 12.7. The normalized spacial score (nSPS) is 17.7. The fourth-order valence-electron chi connectivity index (χ4n) is 2.99. The number of fused-ring (bicyclic) bond motifs is 1. The van der Waals surface area contributed by atoms with E-state index in [1.807, 2.05) is 18.2 Å². The summed E-state index contributed by atoms with van der Waals surface area (Å²) in [5, 5.41) is 0. The Labute approximate surface area is 132 Å². The zero-order valence-electron chi connectivity index (χ0n) is 12.7. The van der Waals surface area contributed by atoms with Crippen LogP contribution in [0.2, 0.25) is 0 Å². The lowest BCUT2D eigenvalue weighted by Gasteiger charge is -2.15. The first kappa shape index (κ1) is 15.3. The Hall–Kier alpha value is -2.57. The number of rotatable bonds is 5. The van der Waals surface area contributed by atoms with Crippen molar-refractivity contribution in [2.75, 3.05) is 13.1 Å². The summed E-state index contributed by atoms with van der Waals surface area (Å²) in [6, 6.07) is 7.21. The van der Waals surface area contributed by atoms with Crippen molar-refractivity contribution in [1.29, 1.82) is 0 Å². The molecule has 1 atom stereocenters. The Morgan fingerprint density at radius 3 is 2.83 bits per heavy atom. The van der Waals surface area contributed by atoms with Crippen molar-refractivity contribution >= 4 is 22.9 Å². The summed E-state index contributed by atoms with van der Waals surface area (Å²) >= 11 is 0. The fourth-order valence-corrected chi connectivity index (χ4v) is 2.99. The molecule has 1 fully saturated rings. The number of hydrogen-bond acceptors (Lipinski definition) is 4. The van der Waals surface area contributed by atoms with Crippen LogP contribution in [0.1, 0.15) is 19.3 Å². The van der Waals surface area contributed by atoms with Crippen molar-refractivity contribution in [3.63, 3.8) is 0 Å². The van der Waals surface area contributed by atoms with Crippen LogP contribution in [0.25, 0.3) is 11.1 Å². The average molecular weight is 317 g/mol. The molecule has 1 aromatic carbocycles. The number of carbonyl (C=O) groups is 2. The average Bonchev–Trinajstić information content (AvgIpc) is 3.12. The van der Waals surface area contributed by atoms with Gasteiger partial charge in [0.25, 0.3) is 0 Å². The monoisotopic (exact) mass is 317 g/mol. The van der Waals surface area contributed by atoms with Gasteiger partial charge in [0.05, 0.1) is 11.4 Å². The molecule has 2 amide bonds. The van der Waals surface area contributed by atoms with Crippen LogP contribution in [-0.4, -0.2) is 34.4 Å². The molecule has 7 nitrogen and oxygen atoms in total. The maximum Gasteiger partial charge on any atom is 0.419 e. The van der Waals surface area contributed by atoms with Gasteiger partial charge in [-0.25, -0.2) is 4.79 Å². The molecule has 2 N–H and O–H groups in total. The summed E-state index contributed by atoms with van der Waals surface area (Å²) in [5.74, 6) is -1.00. The number of nitrogens with two attached hydrogens (primary N) is 1. The number of hydrogen-bond donors (Lipinski definition) is 1. The van der Waals surface area contributed by atoms with Crippen LogP contribution in [0.4, 0.5) is 0 Å². The third kappa shape index (κ3) is 3.13. The van der Waals surface area contributed by atoms with Crippen LogP contribution < -0.4 is 11.5 Å². The molecule has 0 aliphatic carbocycles. The molecular weight excluding hydrogens is 298 g/mol. The summed E-state index contributed by atoms with van der Waals surface area (Å²) in [6.07, 6.45) is 1.50. The van der Waals surface area contributed by atoms with Crippen molar-refractivity contribution in [3.8, 4) is 0 Å². The number of carbonyl (C=O) groups excluding carboxylic acids is 2. The van der Waals surface area contributed by atoms with Crippen LogP contribution in [0.5, 0.6) is 0 Å². The maximum atomic E-state index is 12.2. The van der Waals surface area contributed by atoms with E-state index >= 15 is 0 Å². The number of benzene rings is 1. The number of primary amides is 1. The molecule has 7 heteroatoms. The molecule has 1 aromatic heterocycles. The molecule has 2 aromatic rings. The molecule has 1 aliphatic rings. The Morgan fingerprint density at radius 1 is 1.30 bits per heavy atom. The number of para-hydroxylation sites is 2. The van der Waals surface area contributed by atoms with Gasteiger partial charge in [-0.05, 0) is 25.0 Å². The molecule has 23 heavy (non-hydrogen) atoms. The summed E-state index contributed by atoms with van der Waals surface area (Å²) < 4.78 is 6.70. The second-order valence-corrected chi connectivity index (χ2v) is 5.82. The van der Waals surface area contributed by atoms with E-state index < -0.39 is 5.76 Å². The number of aryl methyl sites for hydroxylation is 1. The number of amides is 2. The summed E-state index contributed by atoms with van der Waals surface area (Å²) in [5.41, 5.74) is 6.55. The second-order valence-electron chi connectivity index (χ2n) is 5.82. The van der Waals surface area contributed by atoms with Crippen LogP contribution in [-0.2, 0) is 16.1 Å². The van der Waals surface area contributed by atoms with Gasteiger partial charge in [0.2, 0.25) is 11.8 Å². The SMILES string of the molecule is NC(=O)C1CCN(C(=O)CCCn2c(=O)oc3ccccc32)C1. The van der Waals surface area contributed by atoms with Crippen molar-refractivity contribution < 1.29 is 14.0 Å².